The van der Waals surface area contributed by atoms with Crippen molar-refractivity contribution in [3.63, 3.8) is 0 Å². The van der Waals surface area contributed by atoms with Gasteiger partial charge < -0.3 is 5.43 Å². The van der Waals surface area contributed by atoms with Gasteiger partial charge in [0.05, 0.1) is 17.7 Å². The third-order valence-electron chi connectivity index (χ3n) is 3.26. The van der Waals surface area contributed by atoms with E-state index >= 15 is 0 Å². The lowest BCUT2D eigenvalue weighted by Crippen LogP contribution is -2.45. The summed E-state index contributed by atoms with van der Waals surface area (Å²) in [6, 6.07) is 0.188. The van der Waals surface area contributed by atoms with Gasteiger partial charge in [0, 0.05) is 6.42 Å². The number of rotatable bonds is 1. The van der Waals surface area contributed by atoms with Crippen LogP contribution < -0.4 is 5.43 Å². The van der Waals surface area contributed by atoms with Gasteiger partial charge in [-0.1, -0.05) is 20.4 Å². The van der Waals surface area contributed by atoms with E-state index in [0.717, 1.165) is 17.7 Å². The molecule has 82 valence electrons. The minimum absolute atomic E-state index is 0.0458. The van der Waals surface area contributed by atoms with E-state index in [1.54, 1.807) is 0 Å². The number of hydrazone groups is 1. The molecule has 0 bridgehead atoms. The number of hydrogen-bond donors (Lipinski definition) is 1. The van der Waals surface area contributed by atoms with Gasteiger partial charge in [-0.3, -0.25) is 4.79 Å². The van der Waals surface area contributed by atoms with Crippen molar-refractivity contribution in [1.82, 2.24) is 5.43 Å². The van der Waals surface area contributed by atoms with Gasteiger partial charge in [-0.05, 0) is 24.3 Å². The third kappa shape index (κ3) is 1.71. The molecular formula is C12H18N2O. The molecule has 0 unspecified atom stereocenters. The second kappa shape index (κ2) is 3.19. The third-order valence-corrected chi connectivity index (χ3v) is 3.26. The fourth-order valence-electron chi connectivity index (χ4n) is 2.64. The Hall–Kier alpha value is -1.12. The minimum Gasteiger partial charge on any atom is -0.306 e. The number of carbonyl (C=O) groups excluding carboxylic acids is 1. The molecule has 0 aromatic carbocycles. The molecule has 1 N–H and O–H groups in total. The van der Waals surface area contributed by atoms with Crippen molar-refractivity contribution in [2.75, 3.05) is 0 Å². The first-order chi connectivity index (χ1) is 6.91. The molecule has 1 fully saturated rings. The Morgan fingerprint density at radius 3 is 2.87 bits per heavy atom. The lowest BCUT2D eigenvalue weighted by molar-refractivity contribution is -0.126. The van der Waals surface area contributed by atoms with Crippen molar-refractivity contribution >= 4 is 11.5 Å². The smallest absolute Gasteiger partial charge is 0.144 e. The highest BCUT2D eigenvalue weighted by molar-refractivity contribution is 6.14. The van der Waals surface area contributed by atoms with E-state index in [0.29, 0.717) is 12.2 Å². The predicted molar refractivity (Wildman–Crippen MR) is 60.7 cm³/mol. The van der Waals surface area contributed by atoms with Crippen molar-refractivity contribution in [2.24, 2.45) is 16.4 Å². The van der Waals surface area contributed by atoms with Gasteiger partial charge in [-0.25, -0.2) is 0 Å². The first-order valence-electron chi connectivity index (χ1n) is 5.42. The summed E-state index contributed by atoms with van der Waals surface area (Å²) in [5, 5.41) is 4.24. The molecule has 2 atom stereocenters. The lowest BCUT2D eigenvalue weighted by Gasteiger charge is -2.36. The van der Waals surface area contributed by atoms with Crippen LogP contribution in [-0.4, -0.2) is 17.5 Å². The molecule has 1 aliphatic heterocycles. The Morgan fingerprint density at radius 1 is 1.60 bits per heavy atom. The standard InChI is InChI=1S/C12H18N2O/c1-7(2)11-10-8(13-14-11)5-12(3,4)6-9(10)15/h8,10,13H,1,5-6H2,2-4H3/t8-,10-/m0/s1. The summed E-state index contributed by atoms with van der Waals surface area (Å²) in [4.78, 5) is 12.0. The molecule has 15 heavy (non-hydrogen) atoms. The van der Waals surface area contributed by atoms with Crippen molar-refractivity contribution in [3.8, 4) is 0 Å². The number of hydrogen-bond acceptors (Lipinski definition) is 3. The van der Waals surface area contributed by atoms with Crippen LogP contribution in [0.4, 0.5) is 0 Å². The number of Topliss-reactive ketones (excluding diaryl/α,β-unsaturated/α-hetero) is 1. The zero-order chi connectivity index (χ0) is 11.2. The van der Waals surface area contributed by atoms with Crippen LogP contribution in [0.2, 0.25) is 0 Å². The molecule has 3 nitrogen and oxygen atoms in total. The number of ketones is 1. The van der Waals surface area contributed by atoms with Crippen LogP contribution in [-0.2, 0) is 4.79 Å². The van der Waals surface area contributed by atoms with Crippen LogP contribution in [0.15, 0.2) is 17.3 Å². The maximum atomic E-state index is 12.0. The van der Waals surface area contributed by atoms with Crippen LogP contribution in [0.1, 0.15) is 33.6 Å². The second-order valence-electron chi connectivity index (χ2n) is 5.50. The summed E-state index contributed by atoms with van der Waals surface area (Å²) in [7, 11) is 0. The summed E-state index contributed by atoms with van der Waals surface area (Å²) in [5.41, 5.74) is 4.95. The molecule has 0 aromatic heterocycles. The molecule has 1 aliphatic carbocycles. The second-order valence-corrected chi connectivity index (χ2v) is 5.50. The molecule has 1 saturated carbocycles. The van der Waals surface area contributed by atoms with Crippen LogP contribution in [0, 0.1) is 11.3 Å². The molecule has 0 saturated heterocycles. The number of carbonyl (C=O) groups is 1. The maximum absolute atomic E-state index is 12.0. The molecule has 3 heteroatoms. The van der Waals surface area contributed by atoms with Gasteiger partial charge in [-0.2, -0.15) is 5.10 Å². The summed E-state index contributed by atoms with van der Waals surface area (Å²) < 4.78 is 0. The molecular weight excluding hydrogens is 188 g/mol. The average Bonchev–Trinajstić information content (AvgIpc) is 2.45. The average molecular weight is 206 g/mol. The largest absolute Gasteiger partial charge is 0.306 e. The van der Waals surface area contributed by atoms with E-state index in [4.69, 9.17) is 0 Å². The SMILES string of the molecule is C=C(C)C1=NN[C@H]2CC(C)(C)CC(=O)[C@@H]12. The lowest BCUT2D eigenvalue weighted by atomic mass is 9.68. The van der Waals surface area contributed by atoms with E-state index in [1.165, 1.54) is 0 Å². The van der Waals surface area contributed by atoms with Gasteiger partial charge in [-0.15, -0.1) is 0 Å². The molecule has 2 aliphatic rings. The van der Waals surface area contributed by atoms with Crippen molar-refractivity contribution < 1.29 is 4.79 Å². The maximum Gasteiger partial charge on any atom is 0.144 e. The monoisotopic (exact) mass is 206 g/mol. The number of nitrogens with zero attached hydrogens (tertiary/aromatic N) is 1. The fraction of sp³-hybridized carbons (Fsp3) is 0.667. The summed E-state index contributed by atoms with van der Waals surface area (Å²) >= 11 is 0. The predicted octanol–water partition coefficient (Wildman–Crippen LogP) is 1.90. The molecule has 0 radical (unpaired) electrons. The minimum atomic E-state index is -0.0458. The fourth-order valence-corrected chi connectivity index (χ4v) is 2.64. The highest BCUT2D eigenvalue weighted by Gasteiger charge is 2.45. The Morgan fingerprint density at radius 2 is 2.27 bits per heavy atom. The number of allylic oxidation sites excluding steroid dienone is 1. The van der Waals surface area contributed by atoms with E-state index < -0.39 is 0 Å². The summed E-state index contributed by atoms with van der Waals surface area (Å²) in [6.07, 6.45) is 1.66. The van der Waals surface area contributed by atoms with Gasteiger partial charge in [0.15, 0.2) is 0 Å². The van der Waals surface area contributed by atoms with Gasteiger partial charge in [0.25, 0.3) is 0 Å². The Bertz CT molecular complexity index is 355. The van der Waals surface area contributed by atoms with E-state index in [-0.39, 0.29) is 17.4 Å². The van der Waals surface area contributed by atoms with Gasteiger partial charge >= 0.3 is 0 Å². The zero-order valence-corrected chi connectivity index (χ0v) is 9.63. The van der Waals surface area contributed by atoms with E-state index in [9.17, 15) is 4.79 Å². The Balaban J connectivity index is 2.25. The van der Waals surface area contributed by atoms with E-state index in [2.05, 4.69) is 31.0 Å². The van der Waals surface area contributed by atoms with Gasteiger partial charge in [0.2, 0.25) is 0 Å². The highest BCUT2D eigenvalue weighted by atomic mass is 16.1. The van der Waals surface area contributed by atoms with Crippen molar-refractivity contribution in [2.45, 2.75) is 39.7 Å². The highest BCUT2D eigenvalue weighted by Crippen LogP contribution is 2.39. The van der Waals surface area contributed by atoms with Crippen LogP contribution >= 0.6 is 0 Å². The first kappa shape index (κ1) is 10.4. The quantitative estimate of drug-likeness (QED) is 0.712. The van der Waals surface area contributed by atoms with Crippen LogP contribution in [0.3, 0.4) is 0 Å². The zero-order valence-electron chi connectivity index (χ0n) is 9.63. The number of nitrogens with one attached hydrogen (secondary N) is 1. The molecule has 0 amide bonds. The summed E-state index contributed by atoms with van der Waals surface area (Å²) in [5.74, 6) is 0.263. The van der Waals surface area contributed by atoms with Crippen LogP contribution in [0.25, 0.3) is 0 Å². The normalized spacial score (nSPS) is 33.0. The van der Waals surface area contributed by atoms with Crippen molar-refractivity contribution in [3.05, 3.63) is 12.2 Å². The number of fused-ring (bicyclic) bond motifs is 1. The molecule has 1 heterocycles. The van der Waals surface area contributed by atoms with E-state index in [1.807, 2.05) is 6.92 Å². The Kier molecular flexibility index (Phi) is 2.21. The summed E-state index contributed by atoms with van der Waals surface area (Å²) in [6.45, 7) is 10.1. The topological polar surface area (TPSA) is 41.5 Å². The molecule has 0 spiro atoms. The van der Waals surface area contributed by atoms with Crippen molar-refractivity contribution in [1.29, 1.82) is 0 Å². The Labute approximate surface area is 90.6 Å². The van der Waals surface area contributed by atoms with Crippen LogP contribution in [0.5, 0.6) is 0 Å². The van der Waals surface area contributed by atoms with Gasteiger partial charge in [0.1, 0.15) is 5.78 Å². The first-order valence-corrected chi connectivity index (χ1v) is 5.42. The molecule has 0 aromatic rings. The molecule has 2 rings (SSSR count).